The van der Waals surface area contributed by atoms with E-state index in [9.17, 15) is 4.79 Å². The van der Waals surface area contributed by atoms with E-state index in [1.807, 2.05) is 26.1 Å². The summed E-state index contributed by atoms with van der Waals surface area (Å²) in [7, 11) is 1.92. The van der Waals surface area contributed by atoms with E-state index in [0.717, 1.165) is 73.9 Å². The van der Waals surface area contributed by atoms with E-state index in [4.69, 9.17) is 4.74 Å². The molecule has 0 spiro atoms. The minimum Gasteiger partial charge on any atom is -0.388 e. The van der Waals surface area contributed by atoms with Gasteiger partial charge >= 0.3 is 0 Å². The molecular weight excluding hydrogens is 450 g/mol. The van der Waals surface area contributed by atoms with Crippen LogP contribution in [0.3, 0.4) is 0 Å². The molecule has 0 radical (unpaired) electrons. The van der Waals surface area contributed by atoms with E-state index >= 15 is 0 Å². The predicted molar refractivity (Wildman–Crippen MR) is 150 cm³/mol. The molecular formula is C29H41N5O2. The summed E-state index contributed by atoms with van der Waals surface area (Å²) in [5.41, 5.74) is 7.01. The molecule has 1 aromatic carbocycles. The Kier molecular flexibility index (Phi) is 8.88. The molecule has 2 aliphatic rings. The Labute approximate surface area is 215 Å². The molecule has 2 aliphatic heterocycles. The van der Waals surface area contributed by atoms with Crippen LogP contribution in [0.25, 0.3) is 11.1 Å². The fourth-order valence-corrected chi connectivity index (χ4v) is 5.33. The molecule has 3 N–H and O–H groups in total. The molecule has 0 unspecified atom stereocenters. The first-order valence-corrected chi connectivity index (χ1v) is 13.2. The normalized spacial score (nSPS) is 18.4. The summed E-state index contributed by atoms with van der Waals surface area (Å²) in [5, 5.41) is 6.55. The van der Waals surface area contributed by atoms with Crippen LogP contribution in [0.4, 0.5) is 11.4 Å². The number of piperidine rings is 1. The van der Waals surface area contributed by atoms with Crippen molar-refractivity contribution in [2.45, 2.75) is 46.1 Å². The maximum atomic E-state index is 12.6. The number of nitrogens with zero attached hydrogens (tertiary/aromatic N) is 2. The van der Waals surface area contributed by atoms with Gasteiger partial charge < -0.3 is 25.3 Å². The van der Waals surface area contributed by atoms with Crippen molar-refractivity contribution < 1.29 is 4.74 Å². The number of aromatic nitrogens is 1. The zero-order chi connectivity index (χ0) is 25.5. The van der Waals surface area contributed by atoms with Crippen molar-refractivity contribution in [2.75, 3.05) is 57.1 Å². The number of hydrogen-bond donors (Lipinski definition) is 3. The van der Waals surface area contributed by atoms with Crippen molar-refractivity contribution in [1.82, 2.24) is 14.8 Å². The molecule has 0 atom stereocenters. The maximum absolute atomic E-state index is 12.6. The van der Waals surface area contributed by atoms with Crippen LogP contribution in [0.1, 0.15) is 38.7 Å². The Morgan fingerprint density at radius 3 is 2.58 bits per heavy atom. The lowest BCUT2D eigenvalue weighted by atomic mass is 10.0. The van der Waals surface area contributed by atoms with E-state index < -0.39 is 0 Å². The highest BCUT2D eigenvalue weighted by atomic mass is 16.5. The molecule has 3 heterocycles. The SMILES string of the molecule is CC/C(=C\C=C(/C)Nc1cc(-c2cccc(NC)c2C)c[nH]c1=O)N1CCC(N2CCOCC2)CC1. The molecule has 7 nitrogen and oxygen atoms in total. The highest BCUT2D eigenvalue weighted by Crippen LogP contribution is 2.29. The number of H-pyrrole nitrogens is 1. The van der Waals surface area contributed by atoms with Crippen LogP contribution in [-0.2, 0) is 4.74 Å². The van der Waals surface area contributed by atoms with Crippen molar-refractivity contribution in [3.8, 4) is 11.1 Å². The van der Waals surface area contributed by atoms with Crippen molar-refractivity contribution in [3.05, 3.63) is 69.9 Å². The third-order valence-corrected chi connectivity index (χ3v) is 7.47. The fraction of sp³-hybridized carbons (Fsp3) is 0.483. The largest absolute Gasteiger partial charge is 0.388 e. The molecule has 2 fully saturated rings. The molecule has 0 aliphatic carbocycles. The number of likely N-dealkylation sites (tertiary alicyclic amines) is 1. The van der Waals surface area contributed by atoms with Gasteiger partial charge in [-0.3, -0.25) is 9.69 Å². The molecule has 4 rings (SSSR count). The highest BCUT2D eigenvalue weighted by molar-refractivity contribution is 5.75. The number of hydrogen-bond acceptors (Lipinski definition) is 6. The van der Waals surface area contributed by atoms with Gasteiger partial charge in [-0.1, -0.05) is 19.1 Å². The second-order valence-electron chi connectivity index (χ2n) is 9.71. The lowest BCUT2D eigenvalue weighted by Crippen LogP contribution is -2.48. The van der Waals surface area contributed by atoms with Crippen molar-refractivity contribution in [1.29, 1.82) is 0 Å². The Hall–Kier alpha value is -3.03. The maximum Gasteiger partial charge on any atom is 0.271 e. The lowest BCUT2D eigenvalue weighted by molar-refractivity contribution is 0.00326. The Balaban J connectivity index is 1.43. The van der Waals surface area contributed by atoms with Crippen LogP contribution in [0.5, 0.6) is 0 Å². The zero-order valence-electron chi connectivity index (χ0n) is 22.2. The van der Waals surface area contributed by atoms with Gasteiger partial charge in [0.25, 0.3) is 5.56 Å². The van der Waals surface area contributed by atoms with Gasteiger partial charge in [0.05, 0.1) is 13.2 Å². The van der Waals surface area contributed by atoms with E-state index in [-0.39, 0.29) is 5.56 Å². The monoisotopic (exact) mass is 491 g/mol. The summed E-state index contributed by atoms with van der Waals surface area (Å²) in [6, 6.07) is 8.77. The molecule has 7 heteroatoms. The quantitative estimate of drug-likeness (QED) is 0.461. The average molecular weight is 492 g/mol. The van der Waals surface area contributed by atoms with Crippen LogP contribution >= 0.6 is 0 Å². The summed E-state index contributed by atoms with van der Waals surface area (Å²) < 4.78 is 5.52. The Morgan fingerprint density at radius 2 is 1.89 bits per heavy atom. The minimum atomic E-state index is -0.126. The molecule has 1 aromatic heterocycles. The molecule has 0 bridgehead atoms. The smallest absolute Gasteiger partial charge is 0.271 e. The first kappa shape index (κ1) is 26.0. The van der Waals surface area contributed by atoms with E-state index in [1.165, 1.54) is 18.5 Å². The number of pyridine rings is 1. The number of morpholine rings is 1. The predicted octanol–water partition coefficient (Wildman–Crippen LogP) is 4.80. The third kappa shape index (κ3) is 6.20. The molecule has 36 heavy (non-hydrogen) atoms. The summed E-state index contributed by atoms with van der Waals surface area (Å²) in [4.78, 5) is 20.6. The second-order valence-corrected chi connectivity index (χ2v) is 9.71. The lowest BCUT2D eigenvalue weighted by Gasteiger charge is -2.41. The molecule has 0 amide bonds. The number of ether oxygens (including phenoxy) is 1. The van der Waals surface area contributed by atoms with E-state index in [0.29, 0.717) is 11.7 Å². The van der Waals surface area contributed by atoms with Gasteiger partial charge in [-0.15, -0.1) is 0 Å². The van der Waals surface area contributed by atoms with Gasteiger partial charge in [0.15, 0.2) is 0 Å². The standard InChI is InChI=1S/C29H41N5O2/c1-5-24(33-13-11-25(12-14-33)34-15-17-36-18-16-34)10-9-21(2)32-28-19-23(20-31-29(28)35)26-7-6-8-27(30-4)22(26)3/h6-10,19-20,25,30,32H,5,11-18H2,1-4H3,(H,31,35)/b21-9+,24-10+. The molecule has 0 saturated carbocycles. The topological polar surface area (TPSA) is 72.6 Å². The Bertz CT molecular complexity index is 1140. The van der Waals surface area contributed by atoms with Gasteiger partial charge in [-0.25, -0.2) is 0 Å². The van der Waals surface area contributed by atoms with Crippen molar-refractivity contribution in [3.63, 3.8) is 0 Å². The first-order valence-electron chi connectivity index (χ1n) is 13.2. The highest BCUT2D eigenvalue weighted by Gasteiger charge is 2.26. The molecule has 194 valence electrons. The van der Waals surface area contributed by atoms with Crippen LogP contribution in [0.2, 0.25) is 0 Å². The number of allylic oxidation sites excluding steroid dienone is 4. The summed E-state index contributed by atoms with van der Waals surface area (Å²) in [5.74, 6) is 0. The molecule has 2 saturated heterocycles. The van der Waals surface area contributed by atoms with E-state index in [2.05, 4.69) is 63.5 Å². The average Bonchev–Trinajstić information content (AvgIpc) is 2.91. The van der Waals surface area contributed by atoms with Gasteiger partial charge in [-0.05, 0) is 68.5 Å². The van der Waals surface area contributed by atoms with Crippen LogP contribution in [0, 0.1) is 6.92 Å². The number of anilines is 2. The van der Waals surface area contributed by atoms with Gasteiger partial charge in [0.2, 0.25) is 0 Å². The van der Waals surface area contributed by atoms with Crippen LogP contribution in [0.15, 0.2) is 58.8 Å². The number of aromatic amines is 1. The van der Waals surface area contributed by atoms with Crippen LogP contribution < -0.4 is 16.2 Å². The first-order chi connectivity index (χ1) is 17.5. The van der Waals surface area contributed by atoms with Gasteiger partial charge in [-0.2, -0.15) is 0 Å². The fourth-order valence-electron chi connectivity index (χ4n) is 5.33. The van der Waals surface area contributed by atoms with E-state index in [1.54, 1.807) is 6.20 Å². The van der Waals surface area contributed by atoms with Gasteiger partial charge in [0.1, 0.15) is 5.69 Å². The minimum absolute atomic E-state index is 0.126. The van der Waals surface area contributed by atoms with Crippen molar-refractivity contribution >= 4 is 11.4 Å². The number of benzene rings is 1. The summed E-state index contributed by atoms with van der Waals surface area (Å²) in [6.07, 6.45) is 9.47. The number of nitrogens with one attached hydrogen (secondary N) is 3. The zero-order valence-corrected chi connectivity index (χ0v) is 22.2. The van der Waals surface area contributed by atoms with Crippen molar-refractivity contribution in [2.24, 2.45) is 0 Å². The van der Waals surface area contributed by atoms with Crippen LogP contribution in [-0.4, -0.2) is 67.3 Å². The van der Waals surface area contributed by atoms with Gasteiger partial charge in [0, 0.05) is 68.1 Å². The summed E-state index contributed by atoms with van der Waals surface area (Å²) >= 11 is 0. The third-order valence-electron chi connectivity index (χ3n) is 7.47. The molecule has 2 aromatic rings. The second kappa shape index (κ2) is 12.3. The number of rotatable bonds is 8. The summed E-state index contributed by atoms with van der Waals surface area (Å²) in [6.45, 7) is 12.4. The Morgan fingerprint density at radius 1 is 1.14 bits per heavy atom.